The molecule has 0 saturated heterocycles. The van der Waals surface area contributed by atoms with E-state index in [0.717, 1.165) is 11.1 Å². The summed E-state index contributed by atoms with van der Waals surface area (Å²) in [4.78, 5) is 0. The van der Waals surface area contributed by atoms with Crippen LogP contribution in [0.2, 0.25) is 0 Å². The van der Waals surface area contributed by atoms with Gasteiger partial charge in [0.25, 0.3) is 0 Å². The normalized spacial score (nSPS) is 15.8. The molecule has 1 aliphatic rings. The Kier molecular flexibility index (Phi) is 5.05. The summed E-state index contributed by atoms with van der Waals surface area (Å²) in [5.41, 5.74) is 3.24. The summed E-state index contributed by atoms with van der Waals surface area (Å²) in [6.45, 7) is 2.01. The first-order valence-corrected chi connectivity index (χ1v) is 9.46. The van der Waals surface area contributed by atoms with E-state index in [-0.39, 0.29) is 17.7 Å². The molecule has 0 N–H and O–H groups in total. The van der Waals surface area contributed by atoms with Gasteiger partial charge in [-0.1, -0.05) is 24.3 Å². The van der Waals surface area contributed by atoms with Gasteiger partial charge in [-0.25, -0.2) is 4.39 Å². The minimum atomic E-state index is -0.362. The van der Waals surface area contributed by atoms with E-state index in [0.29, 0.717) is 34.9 Å². The highest BCUT2D eigenvalue weighted by Gasteiger charge is 2.37. The summed E-state index contributed by atoms with van der Waals surface area (Å²) in [5.74, 6) is 0.449. The van der Waals surface area contributed by atoms with Gasteiger partial charge in [0.2, 0.25) is 11.4 Å². The number of para-hydroxylation sites is 1. The standard InChI is InChI=1S/C24H22F2NO2/c1-15-12-16-13-22(28-2)23(29-3)14-18(16)24(17-8-4-5-9-19(17)25)27(15)21-11-7-6-10-20(21)26/h4-11,13-15H,12H2,1-3H3/q+1. The van der Waals surface area contributed by atoms with Crippen molar-refractivity contribution in [3.63, 3.8) is 0 Å². The van der Waals surface area contributed by atoms with E-state index < -0.39 is 0 Å². The molecule has 0 aliphatic carbocycles. The second-order valence-electron chi connectivity index (χ2n) is 7.07. The van der Waals surface area contributed by atoms with Crippen LogP contribution in [-0.2, 0) is 6.42 Å². The monoisotopic (exact) mass is 394 g/mol. The first kappa shape index (κ1) is 19.1. The largest absolute Gasteiger partial charge is 0.493 e. The third-order valence-corrected chi connectivity index (χ3v) is 5.30. The van der Waals surface area contributed by atoms with Crippen molar-refractivity contribution in [1.29, 1.82) is 0 Å². The molecule has 1 aliphatic heterocycles. The molecule has 0 amide bonds. The molecule has 0 bridgehead atoms. The zero-order valence-electron chi connectivity index (χ0n) is 16.6. The van der Waals surface area contributed by atoms with Gasteiger partial charge < -0.3 is 9.47 Å². The summed E-state index contributed by atoms with van der Waals surface area (Å²) >= 11 is 0. The molecule has 5 heteroatoms. The molecule has 4 rings (SSSR count). The molecule has 3 aromatic rings. The van der Waals surface area contributed by atoms with E-state index in [1.54, 1.807) is 50.6 Å². The van der Waals surface area contributed by atoms with Crippen LogP contribution < -0.4 is 9.47 Å². The van der Waals surface area contributed by atoms with Crippen molar-refractivity contribution in [3.8, 4) is 11.5 Å². The number of hydrogen-bond donors (Lipinski definition) is 0. The van der Waals surface area contributed by atoms with Gasteiger partial charge in [0, 0.05) is 12.5 Å². The second kappa shape index (κ2) is 7.66. The molecule has 0 saturated carbocycles. The van der Waals surface area contributed by atoms with Crippen molar-refractivity contribution in [3.05, 3.63) is 89.0 Å². The number of nitrogens with zero attached hydrogens (tertiary/aromatic N) is 1. The van der Waals surface area contributed by atoms with Crippen LogP contribution in [0.4, 0.5) is 14.5 Å². The summed E-state index contributed by atoms with van der Waals surface area (Å²) in [7, 11) is 3.15. The Bertz CT molecular complexity index is 1110. The highest BCUT2D eigenvalue weighted by Crippen LogP contribution is 2.37. The summed E-state index contributed by atoms with van der Waals surface area (Å²) in [6.07, 6.45) is 0.655. The van der Waals surface area contributed by atoms with Gasteiger partial charge in [0.15, 0.2) is 23.4 Å². The molecule has 0 spiro atoms. The Morgan fingerprint density at radius 1 is 0.828 bits per heavy atom. The van der Waals surface area contributed by atoms with Gasteiger partial charge >= 0.3 is 0 Å². The lowest BCUT2D eigenvalue weighted by molar-refractivity contribution is -0.483. The fourth-order valence-electron chi connectivity index (χ4n) is 4.00. The average molecular weight is 394 g/mol. The maximum Gasteiger partial charge on any atom is 0.242 e. The molecule has 3 aromatic carbocycles. The fraction of sp³-hybridized carbons (Fsp3) is 0.208. The second-order valence-corrected chi connectivity index (χ2v) is 7.07. The van der Waals surface area contributed by atoms with Crippen LogP contribution in [0.5, 0.6) is 11.5 Å². The maximum absolute atomic E-state index is 14.9. The van der Waals surface area contributed by atoms with Crippen LogP contribution in [0.1, 0.15) is 23.6 Å². The van der Waals surface area contributed by atoms with Crippen LogP contribution in [-0.4, -0.2) is 30.5 Å². The van der Waals surface area contributed by atoms with E-state index in [4.69, 9.17) is 9.47 Å². The number of benzene rings is 3. The van der Waals surface area contributed by atoms with Crippen molar-refractivity contribution in [2.75, 3.05) is 14.2 Å². The highest BCUT2D eigenvalue weighted by atomic mass is 19.1. The summed E-state index contributed by atoms with van der Waals surface area (Å²) in [6, 6.07) is 16.8. The highest BCUT2D eigenvalue weighted by molar-refractivity contribution is 6.12. The van der Waals surface area contributed by atoms with Gasteiger partial charge in [0.05, 0.1) is 25.3 Å². The molecular formula is C24H22F2NO2+. The SMILES string of the molecule is COc1cc2c(cc1OC)C(c1ccccc1F)=[N+](c1ccccc1F)C(C)C2. The van der Waals surface area contributed by atoms with Gasteiger partial charge in [-0.05, 0) is 42.8 Å². The lowest BCUT2D eigenvalue weighted by atomic mass is 9.88. The van der Waals surface area contributed by atoms with Crippen LogP contribution in [0.25, 0.3) is 0 Å². The van der Waals surface area contributed by atoms with E-state index in [1.807, 2.05) is 23.6 Å². The van der Waals surface area contributed by atoms with Crippen LogP contribution in [0.15, 0.2) is 60.7 Å². The van der Waals surface area contributed by atoms with Crippen LogP contribution in [0.3, 0.4) is 0 Å². The van der Waals surface area contributed by atoms with Crippen molar-refractivity contribution in [1.82, 2.24) is 0 Å². The maximum atomic E-state index is 14.9. The molecule has 1 heterocycles. The predicted molar refractivity (Wildman–Crippen MR) is 109 cm³/mol. The van der Waals surface area contributed by atoms with E-state index in [1.165, 1.54) is 12.1 Å². The van der Waals surface area contributed by atoms with Gasteiger partial charge in [-0.3, -0.25) is 0 Å². The van der Waals surface area contributed by atoms with Gasteiger partial charge in [0.1, 0.15) is 5.82 Å². The average Bonchev–Trinajstić information content (AvgIpc) is 2.73. The fourth-order valence-corrected chi connectivity index (χ4v) is 4.00. The molecule has 1 unspecified atom stereocenters. The first-order chi connectivity index (χ1) is 14.0. The Morgan fingerprint density at radius 3 is 2.10 bits per heavy atom. The quantitative estimate of drug-likeness (QED) is 0.574. The van der Waals surface area contributed by atoms with Crippen LogP contribution >= 0.6 is 0 Å². The number of hydrogen-bond acceptors (Lipinski definition) is 2. The number of ether oxygens (including phenoxy) is 2. The van der Waals surface area contributed by atoms with Gasteiger partial charge in [-0.15, -0.1) is 0 Å². The minimum Gasteiger partial charge on any atom is -0.493 e. The topological polar surface area (TPSA) is 21.5 Å². The van der Waals surface area contributed by atoms with E-state index in [2.05, 4.69) is 0 Å². The summed E-state index contributed by atoms with van der Waals surface area (Å²) in [5, 5.41) is 0. The molecule has 0 radical (unpaired) electrons. The minimum absolute atomic E-state index is 0.0906. The zero-order valence-corrected chi connectivity index (χ0v) is 16.6. The zero-order chi connectivity index (χ0) is 20.5. The molecule has 0 aromatic heterocycles. The Hall–Kier alpha value is -3.21. The van der Waals surface area contributed by atoms with Crippen molar-refractivity contribution < 1.29 is 22.8 Å². The molecule has 1 atom stereocenters. The van der Waals surface area contributed by atoms with E-state index >= 15 is 0 Å². The summed E-state index contributed by atoms with van der Waals surface area (Å²) < 4.78 is 42.5. The van der Waals surface area contributed by atoms with Crippen molar-refractivity contribution in [2.24, 2.45) is 0 Å². The number of fused-ring (bicyclic) bond motifs is 1. The predicted octanol–water partition coefficient (Wildman–Crippen LogP) is 5.11. The smallest absolute Gasteiger partial charge is 0.242 e. The lowest BCUT2D eigenvalue weighted by Crippen LogP contribution is -2.35. The number of rotatable bonds is 4. The molecule has 148 valence electrons. The number of halogens is 2. The molecular weight excluding hydrogens is 372 g/mol. The third kappa shape index (κ3) is 3.27. The first-order valence-electron chi connectivity index (χ1n) is 9.46. The Morgan fingerprint density at radius 2 is 1.45 bits per heavy atom. The van der Waals surface area contributed by atoms with Crippen molar-refractivity contribution >= 4 is 11.4 Å². The Labute approximate surface area is 168 Å². The Balaban J connectivity index is 2.10. The van der Waals surface area contributed by atoms with Gasteiger partial charge in [-0.2, -0.15) is 8.97 Å². The lowest BCUT2D eigenvalue weighted by Gasteiger charge is -2.25. The molecule has 29 heavy (non-hydrogen) atoms. The third-order valence-electron chi connectivity index (χ3n) is 5.30. The van der Waals surface area contributed by atoms with E-state index in [9.17, 15) is 8.78 Å². The molecule has 3 nitrogen and oxygen atoms in total. The van der Waals surface area contributed by atoms with Crippen molar-refractivity contribution in [2.45, 2.75) is 19.4 Å². The van der Waals surface area contributed by atoms with Crippen LogP contribution in [0, 0.1) is 11.6 Å². The number of methoxy groups -OCH3 is 2. The molecule has 0 fully saturated rings.